The summed E-state index contributed by atoms with van der Waals surface area (Å²) < 4.78 is 2.03. The Kier molecular flexibility index (Phi) is 4.12. The normalized spacial score (nSPS) is 20.5. The van der Waals surface area contributed by atoms with E-state index < -0.39 is 0 Å². The quantitative estimate of drug-likeness (QED) is 0.552. The Morgan fingerprint density at radius 2 is 2.33 bits per heavy atom. The van der Waals surface area contributed by atoms with Crippen molar-refractivity contribution in [2.24, 2.45) is 0 Å². The summed E-state index contributed by atoms with van der Waals surface area (Å²) in [6.45, 7) is 0. The predicted octanol–water partition coefficient (Wildman–Crippen LogP) is 4.13. The molecule has 0 aromatic heterocycles. The van der Waals surface area contributed by atoms with Crippen LogP contribution in [-0.4, -0.2) is 16.8 Å². The molecular weight excluding hydrogens is 387 g/mol. The zero-order valence-electron chi connectivity index (χ0n) is 8.00. The lowest BCUT2D eigenvalue weighted by molar-refractivity contribution is 0.0987. The Bertz CT molecular complexity index is 388. The highest BCUT2D eigenvalue weighted by molar-refractivity contribution is 14.1. The molecule has 0 N–H and O–H groups in total. The molecule has 0 aliphatic carbocycles. The van der Waals surface area contributed by atoms with Crippen LogP contribution in [0, 0.1) is 3.57 Å². The van der Waals surface area contributed by atoms with E-state index in [1.807, 2.05) is 18.2 Å². The van der Waals surface area contributed by atoms with E-state index in [0.717, 1.165) is 25.8 Å². The van der Waals surface area contributed by atoms with Crippen LogP contribution in [0.3, 0.4) is 0 Å². The van der Waals surface area contributed by atoms with Crippen LogP contribution in [0.5, 0.6) is 0 Å². The minimum absolute atomic E-state index is 0.188. The van der Waals surface area contributed by atoms with Crippen molar-refractivity contribution in [3.63, 3.8) is 0 Å². The first-order valence-corrected chi connectivity index (χ1v) is 7.71. The maximum atomic E-state index is 12.2. The van der Waals surface area contributed by atoms with Crippen LogP contribution in [0.2, 0.25) is 0 Å². The molecular formula is C11H10BrIOS. The largest absolute Gasteiger partial charge is 0.293 e. The molecule has 1 saturated heterocycles. The zero-order chi connectivity index (χ0) is 10.8. The average molecular weight is 397 g/mol. The van der Waals surface area contributed by atoms with E-state index in [0.29, 0.717) is 5.78 Å². The molecule has 1 aliphatic rings. The third-order valence-corrected chi connectivity index (χ3v) is 5.23. The summed E-state index contributed by atoms with van der Waals surface area (Å²) in [6.07, 6.45) is 2.21. The molecule has 0 amide bonds. The van der Waals surface area contributed by atoms with E-state index in [1.165, 1.54) is 6.42 Å². The SMILES string of the molecule is O=C(c1cc(Br)ccc1I)C1CCCS1. The molecule has 1 aliphatic heterocycles. The van der Waals surface area contributed by atoms with Crippen LogP contribution in [0.25, 0.3) is 0 Å². The van der Waals surface area contributed by atoms with Gasteiger partial charge in [-0.15, -0.1) is 0 Å². The number of carbonyl (C=O) groups is 1. The van der Waals surface area contributed by atoms with E-state index in [9.17, 15) is 4.79 Å². The van der Waals surface area contributed by atoms with Gasteiger partial charge in [0.2, 0.25) is 0 Å². The summed E-state index contributed by atoms with van der Waals surface area (Å²) >= 11 is 7.43. The van der Waals surface area contributed by atoms with Gasteiger partial charge in [0.25, 0.3) is 0 Å². The maximum absolute atomic E-state index is 12.2. The topological polar surface area (TPSA) is 17.1 Å². The first kappa shape index (κ1) is 11.9. The number of ketones is 1. The summed E-state index contributed by atoms with van der Waals surface area (Å²) in [5.74, 6) is 1.42. The van der Waals surface area contributed by atoms with Gasteiger partial charge in [0, 0.05) is 13.6 Å². The number of carbonyl (C=O) groups excluding carboxylic acids is 1. The number of benzene rings is 1. The molecule has 80 valence electrons. The van der Waals surface area contributed by atoms with Crippen molar-refractivity contribution in [1.29, 1.82) is 0 Å². The second kappa shape index (κ2) is 5.19. The molecule has 1 aromatic carbocycles. The standard InChI is InChI=1S/C11H10BrIOS/c12-7-3-4-9(13)8(6-7)11(14)10-2-1-5-15-10/h3-4,6,10H,1-2,5H2. The second-order valence-corrected chi connectivity index (χ2v) is 6.88. The maximum Gasteiger partial charge on any atom is 0.176 e. The van der Waals surface area contributed by atoms with Crippen LogP contribution in [0.4, 0.5) is 0 Å². The summed E-state index contributed by atoms with van der Waals surface area (Å²) in [7, 11) is 0. The summed E-state index contributed by atoms with van der Waals surface area (Å²) in [6, 6.07) is 5.89. The van der Waals surface area contributed by atoms with Gasteiger partial charge in [0.05, 0.1) is 5.25 Å². The molecule has 1 heterocycles. The summed E-state index contributed by atoms with van der Waals surface area (Å²) in [4.78, 5) is 12.2. The lowest BCUT2D eigenvalue weighted by Crippen LogP contribution is -2.15. The molecule has 0 saturated carbocycles. The number of Topliss-reactive ketones (excluding diaryl/α,β-unsaturated/α-hetero) is 1. The Labute approximate surface area is 116 Å². The lowest BCUT2D eigenvalue weighted by Gasteiger charge is -2.09. The van der Waals surface area contributed by atoms with Crippen molar-refractivity contribution in [1.82, 2.24) is 0 Å². The van der Waals surface area contributed by atoms with E-state index >= 15 is 0 Å². The number of hydrogen-bond acceptors (Lipinski definition) is 2. The van der Waals surface area contributed by atoms with Gasteiger partial charge in [-0.25, -0.2) is 0 Å². The molecule has 1 aromatic rings. The lowest BCUT2D eigenvalue weighted by atomic mass is 10.1. The Hall–Kier alpha value is 0.450. The van der Waals surface area contributed by atoms with Gasteiger partial charge in [0.1, 0.15) is 0 Å². The second-order valence-electron chi connectivity index (χ2n) is 3.49. The molecule has 0 bridgehead atoms. The van der Waals surface area contributed by atoms with Crippen LogP contribution < -0.4 is 0 Å². The van der Waals surface area contributed by atoms with Gasteiger partial charge in [-0.1, -0.05) is 15.9 Å². The van der Waals surface area contributed by atoms with Crippen molar-refractivity contribution in [2.75, 3.05) is 5.75 Å². The van der Waals surface area contributed by atoms with E-state index in [1.54, 1.807) is 11.8 Å². The molecule has 0 radical (unpaired) electrons. The van der Waals surface area contributed by atoms with Gasteiger partial charge in [-0.3, -0.25) is 4.79 Å². The summed E-state index contributed by atoms with van der Waals surface area (Å²) in [5.41, 5.74) is 0.865. The zero-order valence-corrected chi connectivity index (χ0v) is 12.6. The number of hydrogen-bond donors (Lipinski definition) is 0. The smallest absolute Gasteiger partial charge is 0.176 e. The minimum Gasteiger partial charge on any atom is -0.293 e. The molecule has 1 atom stereocenters. The predicted molar refractivity (Wildman–Crippen MR) is 76.7 cm³/mol. The minimum atomic E-state index is 0.188. The van der Waals surface area contributed by atoms with Crippen molar-refractivity contribution < 1.29 is 4.79 Å². The highest BCUT2D eigenvalue weighted by Crippen LogP contribution is 2.31. The fourth-order valence-electron chi connectivity index (χ4n) is 1.64. The number of thioether (sulfide) groups is 1. The van der Waals surface area contributed by atoms with Gasteiger partial charge in [-0.05, 0) is 59.4 Å². The van der Waals surface area contributed by atoms with E-state index in [-0.39, 0.29) is 5.25 Å². The Morgan fingerprint density at radius 3 is 3.00 bits per heavy atom. The van der Waals surface area contributed by atoms with Crippen molar-refractivity contribution in [2.45, 2.75) is 18.1 Å². The molecule has 2 rings (SSSR count). The molecule has 1 nitrogen and oxygen atoms in total. The van der Waals surface area contributed by atoms with Crippen LogP contribution in [-0.2, 0) is 0 Å². The monoisotopic (exact) mass is 396 g/mol. The van der Waals surface area contributed by atoms with Gasteiger partial charge < -0.3 is 0 Å². The van der Waals surface area contributed by atoms with Gasteiger partial charge in [0.15, 0.2) is 5.78 Å². The summed E-state index contributed by atoms with van der Waals surface area (Å²) in [5, 5.41) is 0.188. The van der Waals surface area contributed by atoms with Crippen LogP contribution >= 0.6 is 50.3 Å². The Balaban J connectivity index is 2.27. The van der Waals surface area contributed by atoms with Gasteiger partial charge in [-0.2, -0.15) is 11.8 Å². The first-order chi connectivity index (χ1) is 7.18. The fraction of sp³-hybridized carbons (Fsp3) is 0.364. The van der Waals surface area contributed by atoms with Crippen molar-refractivity contribution >= 4 is 56.1 Å². The Morgan fingerprint density at radius 1 is 1.53 bits per heavy atom. The molecule has 1 unspecified atom stereocenters. The molecule has 15 heavy (non-hydrogen) atoms. The third kappa shape index (κ3) is 2.77. The molecule has 4 heteroatoms. The van der Waals surface area contributed by atoms with Crippen LogP contribution in [0.1, 0.15) is 23.2 Å². The number of halogens is 2. The highest BCUT2D eigenvalue weighted by atomic mass is 127. The fourth-order valence-corrected chi connectivity index (χ4v) is 3.84. The molecule has 0 spiro atoms. The van der Waals surface area contributed by atoms with E-state index in [4.69, 9.17) is 0 Å². The number of rotatable bonds is 2. The third-order valence-electron chi connectivity index (χ3n) is 2.42. The highest BCUT2D eigenvalue weighted by Gasteiger charge is 2.25. The van der Waals surface area contributed by atoms with Crippen molar-refractivity contribution in [3.05, 3.63) is 31.8 Å². The average Bonchev–Trinajstić information content (AvgIpc) is 2.74. The van der Waals surface area contributed by atoms with E-state index in [2.05, 4.69) is 38.5 Å². The molecule has 1 fully saturated rings. The first-order valence-electron chi connectivity index (χ1n) is 4.79. The van der Waals surface area contributed by atoms with Gasteiger partial charge >= 0.3 is 0 Å². The van der Waals surface area contributed by atoms with Crippen LogP contribution in [0.15, 0.2) is 22.7 Å². The van der Waals surface area contributed by atoms with Crippen molar-refractivity contribution in [3.8, 4) is 0 Å².